The van der Waals surface area contributed by atoms with E-state index in [0.717, 1.165) is 10.6 Å². The summed E-state index contributed by atoms with van der Waals surface area (Å²) >= 11 is 1.62. The first-order chi connectivity index (χ1) is 10.2. The van der Waals surface area contributed by atoms with Crippen molar-refractivity contribution in [3.05, 3.63) is 72.1 Å². The average Bonchev–Trinajstić information content (AvgIpc) is 2.53. The van der Waals surface area contributed by atoms with Crippen LogP contribution >= 0.6 is 11.8 Å². The van der Waals surface area contributed by atoms with Gasteiger partial charge < -0.3 is 5.11 Å². The van der Waals surface area contributed by atoms with Crippen LogP contribution in [0.2, 0.25) is 0 Å². The molecule has 1 N–H and O–H groups in total. The zero-order chi connectivity index (χ0) is 14.7. The maximum absolute atomic E-state index is 10.9. The van der Waals surface area contributed by atoms with Crippen molar-refractivity contribution >= 4 is 28.5 Å². The van der Waals surface area contributed by atoms with Crippen LogP contribution in [0.1, 0.15) is 16.1 Å². The van der Waals surface area contributed by atoms with E-state index in [0.29, 0.717) is 0 Å². The van der Waals surface area contributed by atoms with Gasteiger partial charge in [0.1, 0.15) is 5.69 Å². The molecule has 0 amide bonds. The Balaban J connectivity index is 1.84. The third kappa shape index (κ3) is 3.06. The number of rotatable bonds is 4. The highest BCUT2D eigenvalue weighted by molar-refractivity contribution is 7.98. The molecule has 1 heterocycles. The van der Waals surface area contributed by atoms with E-state index >= 15 is 0 Å². The molecule has 3 nitrogen and oxygen atoms in total. The number of aromatic carboxylic acids is 1. The normalized spacial score (nSPS) is 10.7. The number of carbonyl (C=O) groups is 1. The molecule has 0 bridgehead atoms. The van der Waals surface area contributed by atoms with Crippen molar-refractivity contribution < 1.29 is 9.90 Å². The number of hydrogen-bond donors (Lipinski definition) is 1. The highest BCUT2D eigenvalue weighted by Gasteiger charge is 2.06. The van der Waals surface area contributed by atoms with Gasteiger partial charge in [0.05, 0.1) is 0 Å². The number of thioether (sulfide) groups is 1. The second-order valence-electron chi connectivity index (χ2n) is 4.61. The predicted molar refractivity (Wildman–Crippen MR) is 84.7 cm³/mol. The number of carboxylic acid groups (broad SMARTS) is 1. The molecule has 0 aliphatic heterocycles. The molecule has 0 saturated heterocycles. The van der Waals surface area contributed by atoms with Gasteiger partial charge in [-0.05, 0) is 28.5 Å². The monoisotopic (exact) mass is 295 g/mol. The van der Waals surface area contributed by atoms with E-state index in [1.165, 1.54) is 22.5 Å². The van der Waals surface area contributed by atoms with Crippen LogP contribution in [-0.4, -0.2) is 16.1 Å². The molecular formula is C17H13NO2S. The fourth-order valence-corrected chi connectivity index (χ4v) is 3.12. The Morgan fingerprint density at radius 2 is 1.90 bits per heavy atom. The summed E-state index contributed by atoms with van der Waals surface area (Å²) < 4.78 is 0. The summed E-state index contributed by atoms with van der Waals surface area (Å²) in [5, 5.41) is 11.4. The highest BCUT2D eigenvalue weighted by atomic mass is 32.2. The summed E-state index contributed by atoms with van der Waals surface area (Å²) in [6.45, 7) is 0. The van der Waals surface area contributed by atoms with Gasteiger partial charge in [0.15, 0.2) is 0 Å². The van der Waals surface area contributed by atoms with Gasteiger partial charge in [0.2, 0.25) is 0 Å². The van der Waals surface area contributed by atoms with Crippen LogP contribution in [0.3, 0.4) is 0 Å². The van der Waals surface area contributed by atoms with E-state index in [1.54, 1.807) is 17.8 Å². The summed E-state index contributed by atoms with van der Waals surface area (Å²) in [5.41, 5.74) is 1.32. The number of carboxylic acids is 1. The van der Waals surface area contributed by atoms with Gasteiger partial charge in [-0.1, -0.05) is 42.5 Å². The standard InChI is InChI=1S/C17H13NO2S/c19-17(20)16-10-14(8-9-18-16)21-11-13-6-3-5-12-4-1-2-7-15(12)13/h1-10H,11H2,(H,19,20). The van der Waals surface area contributed by atoms with Gasteiger partial charge in [-0.25, -0.2) is 9.78 Å². The second-order valence-corrected chi connectivity index (χ2v) is 5.66. The first-order valence-electron chi connectivity index (χ1n) is 6.53. The van der Waals surface area contributed by atoms with E-state index < -0.39 is 5.97 Å². The minimum atomic E-state index is -0.998. The molecule has 104 valence electrons. The molecule has 1 aromatic heterocycles. The quantitative estimate of drug-likeness (QED) is 0.732. The van der Waals surface area contributed by atoms with Crippen LogP contribution in [0.5, 0.6) is 0 Å². The highest BCUT2D eigenvalue weighted by Crippen LogP contribution is 2.27. The number of fused-ring (bicyclic) bond motifs is 1. The SMILES string of the molecule is O=C(O)c1cc(SCc2cccc3ccccc23)ccn1. The Morgan fingerprint density at radius 3 is 2.76 bits per heavy atom. The Bertz CT molecular complexity index is 796. The lowest BCUT2D eigenvalue weighted by atomic mass is 10.1. The molecule has 0 aliphatic carbocycles. The summed E-state index contributed by atoms with van der Waals surface area (Å²) in [6.07, 6.45) is 1.54. The molecule has 21 heavy (non-hydrogen) atoms. The second kappa shape index (κ2) is 5.97. The number of hydrogen-bond acceptors (Lipinski definition) is 3. The fraction of sp³-hybridized carbons (Fsp3) is 0.0588. The fourth-order valence-electron chi connectivity index (χ4n) is 2.20. The number of benzene rings is 2. The Morgan fingerprint density at radius 1 is 1.10 bits per heavy atom. The number of pyridine rings is 1. The van der Waals surface area contributed by atoms with Crippen molar-refractivity contribution in [3.8, 4) is 0 Å². The maximum atomic E-state index is 10.9. The van der Waals surface area contributed by atoms with Crippen molar-refractivity contribution in [2.24, 2.45) is 0 Å². The third-order valence-corrected chi connectivity index (χ3v) is 4.27. The topological polar surface area (TPSA) is 50.2 Å². The minimum Gasteiger partial charge on any atom is -0.477 e. The summed E-state index contributed by atoms with van der Waals surface area (Å²) in [4.78, 5) is 15.7. The van der Waals surface area contributed by atoms with E-state index in [-0.39, 0.29) is 5.69 Å². The van der Waals surface area contributed by atoms with Crippen LogP contribution in [0, 0.1) is 0 Å². The molecule has 0 saturated carbocycles. The first kappa shape index (κ1) is 13.6. The van der Waals surface area contributed by atoms with Crippen LogP contribution in [0.25, 0.3) is 10.8 Å². The van der Waals surface area contributed by atoms with Gasteiger partial charge in [-0.15, -0.1) is 11.8 Å². The zero-order valence-corrected chi connectivity index (χ0v) is 12.0. The molecule has 3 aromatic rings. The van der Waals surface area contributed by atoms with Gasteiger partial charge >= 0.3 is 5.97 Å². The molecule has 0 fully saturated rings. The van der Waals surface area contributed by atoms with Crippen LogP contribution in [0.4, 0.5) is 0 Å². The molecule has 3 rings (SSSR count). The largest absolute Gasteiger partial charge is 0.477 e. The Labute approximate surface area is 126 Å². The average molecular weight is 295 g/mol. The number of aromatic nitrogens is 1. The van der Waals surface area contributed by atoms with E-state index in [9.17, 15) is 4.79 Å². The van der Waals surface area contributed by atoms with E-state index in [1.807, 2.05) is 24.3 Å². The van der Waals surface area contributed by atoms with Crippen molar-refractivity contribution in [2.75, 3.05) is 0 Å². The van der Waals surface area contributed by atoms with Crippen molar-refractivity contribution in [1.82, 2.24) is 4.98 Å². The lowest BCUT2D eigenvalue weighted by Gasteiger charge is -2.06. The van der Waals surface area contributed by atoms with E-state index in [4.69, 9.17) is 5.11 Å². The predicted octanol–water partition coefficient (Wildman–Crippen LogP) is 4.23. The zero-order valence-electron chi connectivity index (χ0n) is 11.2. The van der Waals surface area contributed by atoms with Gasteiger partial charge in [0.25, 0.3) is 0 Å². The lowest BCUT2D eigenvalue weighted by Crippen LogP contribution is -1.99. The van der Waals surface area contributed by atoms with Crippen molar-refractivity contribution in [1.29, 1.82) is 0 Å². The molecule has 0 aliphatic rings. The molecule has 0 unspecified atom stereocenters. The van der Waals surface area contributed by atoms with Crippen molar-refractivity contribution in [3.63, 3.8) is 0 Å². The molecule has 4 heteroatoms. The van der Waals surface area contributed by atoms with Gasteiger partial charge in [-0.2, -0.15) is 0 Å². The molecule has 0 radical (unpaired) electrons. The van der Waals surface area contributed by atoms with Crippen molar-refractivity contribution in [2.45, 2.75) is 10.6 Å². The van der Waals surface area contributed by atoms with Gasteiger partial charge in [-0.3, -0.25) is 0 Å². The molecular weight excluding hydrogens is 282 g/mol. The first-order valence-corrected chi connectivity index (χ1v) is 7.51. The summed E-state index contributed by atoms with van der Waals surface area (Å²) in [7, 11) is 0. The summed E-state index contributed by atoms with van der Waals surface area (Å²) in [6, 6.07) is 18.0. The third-order valence-electron chi connectivity index (χ3n) is 3.22. The maximum Gasteiger partial charge on any atom is 0.354 e. The number of nitrogens with zero attached hydrogens (tertiary/aromatic N) is 1. The van der Waals surface area contributed by atoms with Crippen LogP contribution < -0.4 is 0 Å². The summed E-state index contributed by atoms with van der Waals surface area (Å²) in [5.74, 6) is -0.202. The molecule has 0 spiro atoms. The minimum absolute atomic E-state index is 0.0814. The Kier molecular flexibility index (Phi) is 3.88. The molecule has 2 aromatic carbocycles. The molecule has 0 atom stereocenters. The Hall–Kier alpha value is -2.33. The van der Waals surface area contributed by atoms with E-state index in [2.05, 4.69) is 29.2 Å². The lowest BCUT2D eigenvalue weighted by molar-refractivity contribution is 0.0690. The van der Waals surface area contributed by atoms with Crippen LogP contribution in [0.15, 0.2) is 65.7 Å². The van der Waals surface area contributed by atoms with Crippen LogP contribution in [-0.2, 0) is 5.75 Å². The smallest absolute Gasteiger partial charge is 0.354 e. The van der Waals surface area contributed by atoms with Gasteiger partial charge in [0, 0.05) is 16.8 Å².